The Morgan fingerprint density at radius 3 is 2.00 bits per heavy atom. The van der Waals surface area contributed by atoms with E-state index in [2.05, 4.69) is 95.6 Å². The largest absolute Gasteiger partial charge is 0.457 e. The van der Waals surface area contributed by atoms with Gasteiger partial charge in [0, 0.05) is 32.5 Å². The Bertz CT molecular complexity index is 1770. The third kappa shape index (κ3) is 2.00. The molecule has 6 aromatic rings. The summed E-state index contributed by atoms with van der Waals surface area (Å²) in [5.74, 6) is 1.74. The molecule has 8 rings (SSSR count). The Morgan fingerprint density at radius 2 is 1.21 bits per heavy atom. The standard InChI is InChI=1S/C31H18ClNO/c32-24-14-8-16-26-29(24)31(21-11-2-5-17-27(21)34-28-18-6-3-12-22(28)31)23-13-7-10-20-19-9-1-4-15-25(19)33(26)30(20)23/h1-18H. The molecule has 3 heterocycles. The van der Waals surface area contributed by atoms with Gasteiger partial charge in [-0.3, -0.25) is 0 Å². The van der Waals surface area contributed by atoms with E-state index in [4.69, 9.17) is 16.3 Å². The molecule has 0 aliphatic carbocycles. The van der Waals surface area contributed by atoms with Gasteiger partial charge in [-0.1, -0.05) is 90.5 Å². The number of rotatable bonds is 0. The maximum absolute atomic E-state index is 7.16. The van der Waals surface area contributed by atoms with E-state index in [1.807, 2.05) is 18.2 Å². The molecule has 34 heavy (non-hydrogen) atoms. The highest BCUT2D eigenvalue weighted by Gasteiger charge is 2.51. The molecular weight excluding hydrogens is 438 g/mol. The number of para-hydroxylation sites is 4. The minimum absolute atomic E-state index is 0.594. The van der Waals surface area contributed by atoms with Gasteiger partial charge < -0.3 is 9.30 Å². The highest BCUT2D eigenvalue weighted by molar-refractivity contribution is 6.32. The van der Waals surface area contributed by atoms with E-state index in [1.54, 1.807) is 0 Å². The second-order valence-corrected chi connectivity index (χ2v) is 9.44. The van der Waals surface area contributed by atoms with E-state index in [0.29, 0.717) is 0 Å². The molecule has 1 aromatic heterocycles. The van der Waals surface area contributed by atoms with Crippen LogP contribution in [0.1, 0.15) is 22.3 Å². The number of ether oxygens (including phenoxy) is 1. The molecule has 0 unspecified atom stereocenters. The third-order valence-corrected chi connectivity index (χ3v) is 7.82. The average Bonchev–Trinajstić information content (AvgIpc) is 3.22. The van der Waals surface area contributed by atoms with Crippen molar-refractivity contribution in [2.45, 2.75) is 5.41 Å². The number of hydrogen-bond donors (Lipinski definition) is 0. The van der Waals surface area contributed by atoms with E-state index in [0.717, 1.165) is 38.9 Å². The molecule has 0 saturated carbocycles. The normalized spacial score (nSPS) is 14.5. The number of fused-ring (bicyclic) bond motifs is 11. The fraction of sp³-hybridized carbons (Fsp3) is 0.0323. The molecule has 2 aliphatic rings. The summed E-state index contributed by atoms with van der Waals surface area (Å²) in [6.45, 7) is 0. The molecule has 5 aromatic carbocycles. The molecule has 0 saturated heterocycles. The van der Waals surface area contributed by atoms with Gasteiger partial charge in [-0.25, -0.2) is 0 Å². The predicted octanol–water partition coefficient (Wildman–Crippen LogP) is 8.24. The topological polar surface area (TPSA) is 14.2 Å². The Balaban J connectivity index is 1.72. The van der Waals surface area contributed by atoms with Crippen LogP contribution >= 0.6 is 11.6 Å². The fourth-order valence-electron chi connectivity index (χ4n) is 6.33. The summed E-state index contributed by atoms with van der Waals surface area (Å²) < 4.78 is 8.85. The number of aromatic nitrogens is 1. The van der Waals surface area contributed by atoms with Crippen LogP contribution in [0.4, 0.5) is 0 Å². The molecule has 2 nitrogen and oxygen atoms in total. The van der Waals surface area contributed by atoms with Gasteiger partial charge in [0.25, 0.3) is 0 Å². The minimum Gasteiger partial charge on any atom is -0.457 e. The lowest BCUT2D eigenvalue weighted by Gasteiger charge is -2.45. The lowest BCUT2D eigenvalue weighted by atomic mass is 9.62. The number of halogens is 1. The van der Waals surface area contributed by atoms with E-state index in [-0.39, 0.29) is 0 Å². The first-order valence-electron chi connectivity index (χ1n) is 11.5. The quantitative estimate of drug-likeness (QED) is 0.224. The average molecular weight is 456 g/mol. The van der Waals surface area contributed by atoms with Crippen LogP contribution in [0.2, 0.25) is 5.02 Å². The van der Waals surface area contributed by atoms with E-state index < -0.39 is 5.41 Å². The van der Waals surface area contributed by atoms with Gasteiger partial charge in [0.1, 0.15) is 11.5 Å². The summed E-state index contributed by atoms with van der Waals surface area (Å²) in [5, 5.41) is 3.25. The highest BCUT2D eigenvalue weighted by atomic mass is 35.5. The molecule has 0 atom stereocenters. The Morgan fingerprint density at radius 1 is 0.588 bits per heavy atom. The molecule has 3 heteroatoms. The van der Waals surface area contributed by atoms with Crippen molar-refractivity contribution in [1.29, 1.82) is 0 Å². The van der Waals surface area contributed by atoms with Gasteiger partial charge in [-0.15, -0.1) is 0 Å². The highest BCUT2D eigenvalue weighted by Crippen LogP contribution is 2.61. The lowest BCUT2D eigenvalue weighted by Crippen LogP contribution is -2.38. The van der Waals surface area contributed by atoms with Gasteiger partial charge >= 0.3 is 0 Å². The second-order valence-electron chi connectivity index (χ2n) is 9.03. The fourth-order valence-corrected chi connectivity index (χ4v) is 6.64. The van der Waals surface area contributed by atoms with Crippen molar-refractivity contribution in [1.82, 2.24) is 4.57 Å². The van der Waals surface area contributed by atoms with Crippen molar-refractivity contribution in [2.75, 3.05) is 0 Å². The third-order valence-electron chi connectivity index (χ3n) is 7.51. The van der Waals surface area contributed by atoms with E-state index in [9.17, 15) is 0 Å². The van der Waals surface area contributed by atoms with E-state index in [1.165, 1.54) is 27.4 Å². The van der Waals surface area contributed by atoms with Crippen molar-refractivity contribution in [3.05, 3.63) is 136 Å². The molecule has 0 radical (unpaired) electrons. The van der Waals surface area contributed by atoms with Crippen molar-refractivity contribution in [3.8, 4) is 17.2 Å². The van der Waals surface area contributed by atoms with Crippen LogP contribution in [-0.4, -0.2) is 4.57 Å². The molecule has 0 fully saturated rings. The van der Waals surface area contributed by atoms with Gasteiger partial charge in [0.05, 0.1) is 22.1 Å². The minimum atomic E-state index is -0.594. The zero-order chi connectivity index (χ0) is 22.4. The van der Waals surface area contributed by atoms with Gasteiger partial charge in [-0.2, -0.15) is 0 Å². The maximum Gasteiger partial charge on any atom is 0.132 e. The smallest absolute Gasteiger partial charge is 0.132 e. The van der Waals surface area contributed by atoms with Crippen molar-refractivity contribution in [2.24, 2.45) is 0 Å². The van der Waals surface area contributed by atoms with Crippen LogP contribution in [0.3, 0.4) is 0 Å². The number of benzene rings is 5. The molecular formula is C31H18ClNO. The number of nitrogens with zero attached hydrogens (tertiary/aromatic N) is 1. The first-order chi connectivity index (χ1) is 16.8. The molecule has 0 bridgehead atoms. The van der Waals surface area contributed by atoms with E-state index >= 15 is 0 Å². The number of hydrogen-bond acceptors (Lipinski definition) is 1. The predicted molar refractivity (Wildman–Crippen MR) is 138 cm³/mol. The maximum atomic E-state index is 7.16. The summed E-state index contributed by atoms with van der Waals surface area (Å²) >= 11 is 7.16. The monoisotopic (exact) mass is 455 g/mol. The molecule has 1 spiro atoms. The summed E-state index contributed by atoms with van der Waals surface area (Å²) in [5.41, 5.74) is 7.50. The second kappa shape index (κ2) is 6.31. The zero-order valence-corrected chi connectivity index (χ0v) is 18.9. The molecule has 2 aliphatic heterocycles. The molecule has 0 N–H and O–H groups in total. The molecule has 160 valence electrons. The van der Waals surface area contributed by atoms with Crippen molar-refractivity contribution >= 4 is 33.4 Å². The lowest BCUT2D eigenvalue weighted by molar-refractivity contribution is 0.434. The van der Waals surface area contributed by atoms with Crippen LogP contribution in [0.5, 0.6) is 11.5 Å². The Hall–Kier alpha value is -4.01. The first-order valence-corrected chi connectivity index (χ1v) is 11.9. The zero-order valence-electron chi connectivity index (χ0n) is 18.1. The van der Waals surface area contributed by atoms with Crippen LogP contribution in [0.15, 0.2) is 109 Å². The summed E-state index contributed by atoms with van der Waals surface area (Å²) in [6.07, 6.45) is 0. The summed E-state index contributed by atoms with van der Waals surface area (Å²) in [7, 11) is 0. The first kappa shape index (κ1) is 18.4. The van der Waals surface area contributed by atoms with Crippen LogP contribution in [0, 0.1) is 0 Å². The Labute approximate surface area is 201 Å². The molecule has 0 amide bonds. The van der Waals surface area contributed by atoms with Gasteiger partial charge in [0.2, 0.25) is 0 Å². The summed E-state index contributed by atoms with van der Waals surface area (Å²) in [6, 6.07) is 38.4. The Kier molecular flexibility index (Phi) is 3.42. The summed E-state index contributed by atoms with van der Waals surface area (Å²) in [4.78, 5) is 0. The van der Waals surface area contributed by atoms with Gasteiger partial charge in [-0.05, 0) is 35.9 Å². The van der Waals surface area contributed by atoms with Crippen molar-refractivity contribution < 1.29 is 4.74 Å². The SMILES string of the molecule is Clc1cccc2c1C1(c3ccccc3Oc3ccccc31)c1cccc3c4ccccc4n-2c13. The van der Waals surface area contributed by atoms with Gasteiger partial charge in [0.15, 0.2) is 0 Å². The van der Waals surface area contributed by atoms with Crippen LogP contribution in [-0.2, 0) is 5.41 Å². The van der Waals surface area contributed by atoms with Crippen LogP contribution in [0.25, 0.3) is 27.5 Å². The van der Waals surface area contributed by atoms with Crippen LogP contribution < -0.4 is 4.74 Å². The van der Waals surface area contributed by atoms with Crippen molar-refractivity contribution in [3.63, 3.8) is 0 Å².